The number of halogens is 1. The fourth-order valence-corrected chi connectivity index (χ4v) is 2.39. The molecule has 0 aliphatic carbocycles. The Bertz CT molecular complexity index is 848. The summed E-state index contributed by atoms with van der Waals surface area (Å²) in [6, 6.07) is 9.93. The van der Waals surface area contributed by atoms with Crippen LogP contribution in [0.2, 0.25) is 0 Å². The number of aliphatic hydroxyl groups is 1. The molecule has 0 saturated heterocycles. The average Bonchev–Trinajstić information content (AvgIpc) is 2.88. The van der Waals surface area contributed by atoms with Crippen LogP contribution in [-0.4, -0.2) is 14.7 Å². The molecule has 21 heavy (non-hydrogen) atoms. The van der Waals surface area contributed by atoms with E-state index in [1.54, 1.807) is 23.0 Å². The van der Waals surface area contributed by atoms with E-state index >= 15 is 0 Å². The van der Waals surface area contributed by atoms with Crippen molar-refractivity contribution < 1.29 is 9.50 Å². The molecule has 4 nitrogen and oxygen atoms in total. The summed E-state index contributed by atoms with van der Waals surface area (Å²) in [5.41, 5.74) is 2.26. The number of rotatable bonds is 3. The highest BCUT2D eigenvalue weighted by atomic mass is 19.1. The second-order valence-electron chi connectivity index (χ2n) is 4.73. The average molecular weight is 281 g/mol. The van der Waals surface area contributed by atoms with Crippen LogP contribution in [0, 0.1) is 17.1 Å². The van der Waals surface area contributed by atoms with E-state index in [1.165, 1.54) is 18.2 Å². The molecule has 104 valence electrons. The molecule has 5 heteroatoms. The second-order valence-corrected chi connectivity index (χ2v) is 4.73. The second kappa shape index (κ2) is 5.35. The van der Waals surface area contributed by atoms with Crippen LogP contribution in [0.1, 0.15) is 16.7 Å². The van der Waals surface area contributed by atoms with Gasteiger partial charge in [0, 0.05) is 28.9 Å². The van der Waals surface area contributed by atoms with Gasteiger partial charge in [0.1, 0.15) is 11.5 Å². The largest absolute Gasteiger partial charge is 0.392 e. The molecule has 3 aromatic rings. The molecule has 0 fully saturated rings. The summed E-state index contributed by atoms with van der Waals surface area (Å²) >= 11 is 0. The van der Waals surface area contributed by atoms with Crippen LogP contribution in [0.25, 0.3) is 11.0 Å². The molecule has 3 rings (SSSR count). The fraction of sp³-hybridized carbons (Fsp3) is 0.125. The van der Waals surface area contributed by atoms with E-state index in [9.17, 15) is 9.50 Å². The summed E-state index contributed by atoms with van der Waals surface area (Å²) in [5, 5.41) is 19.1. The van der Waals surface area contributed by atoms with Crippen molar-refractivity contribution in [2.75, 3.05) is 0 Å². The zero-order chi connectivity index (χ0) is 14.8. The van der Waals surface area contributed by atoms with Crippen LogP contribution in [0.15, 0.2) is 42.7 Å². The molecule has 0 unspecified atom stereocenters. The van der Waals surface area contributed by atoms with Gasteiger partial charge in [0.05, 0.1) is 24.8 Å². The number of hydrogen-bond donors (Lipinski definition) is 1. The summed E-state index contributed by atoms with van der Waals surface area (Å²) in [7, 11) is 0. The van der Waals surface area contributed by atoms with Gasteiger partial charge in [-0.1, -0.05) is 0 Å². The zero-order valence-electron chi connectivity index (χ0n) is 11.1. The first-order valence-electron chi connectivity index (χ1n) is 6.45. The molecule has 0 aliphatic heterocycles. The molecule has 0 spiro atoms. The molecule has 1 N–H and O–H groups in total. The van der Waals surface area contributed by atoms with E-state index in [1.807, 2.05) is 12.1 Å². The van der Waals surface area contributed by atoms with Gasteiger partial charge < -0.3 is 9.67 Å². The lowest BCUT2D eigenvalue weighted by atomic mass is 10.1. The third-order valence-corrected chi connectivity index (χ3v) is 3.40. The minimum absolute atomic E-state index is 0.101. The fourth-order valence-electron chi connectivity index (χ4n) is 2.39. The first-order chi connectivity index (χ1) is 10.2. The SMILES string of the molecule is N#Cc1ccc(F)c(Cn2cc(CO)c3cccnc32)c1. The van der Waals surface area contributed by atoms with E-state index in [0.717, 1.165) is 10.9 Å². The van der Waals surface area contributed by atoms with Gasteiger partial charge in [0.2, 0.25) is 0 Å². The smallest absolute Gasteiger partial charge is 0.140 e. The molecule has 0 radical (unpaired) electrons. The molecule has 2 aromatic heterocycles. The summed E-state index contributed by atoms with van der Waals surface area (Å²) in [4.78, 5) is 4.28. The standard InChI is InChI=1S/C16H12FN3O/c17-15-4-3-11(7-18)6-12(15)8-20-9-13(10-21)14-2-1-5-19-16(14)20/h1-6,9,21H,8,10H2. The van der Waals surface area contributed by atoms with Crippen molar-refractivity contribution in [3.8, 4) is 6.07 Å². The van der Waals surface area contributed by atoms with Gasteiger partial charge >= 0.3 is 0 Å². The molecule has 0 amide bonds. The Morgan fingerprint density at radius 3 is 2.90 bits per heavy atom. The highest BCUT2D eigenvalue weighted by molar-refractivity contribution is 5.80. The molecular weight excluding hydrogens is 269 g/mol. The van der Waals surface area contributed by atoms with E-state index in [4.69, 9.17) is 5.26 Å². The lowest BCUT2D eigenvalue weighted by Gasteiger charge is -2.06. The molecule has 0 atom stereocenters. The highest BCUT2D eigenvalue weighted by Crippen LogP contribution is 2.21. The number of fused-ring (bicyclic) bond motifs is 1. The van der Waals surface area contributed by atoms with Crippen LogP contribution in [0.4, 0.5) is 4.39 Å². The monoisotopic (exact) mass is 281 g/mol. The molecule has 1 aromatic carbocycles. The molecule has 0 saturated carbocycles. The topological polar surface area (TPSA) is 61.8 Å². The number of benzene rings is 1. The van der Waals surface area contributed by atoms with Gasteiger partial charge in [-0.15, -0.1) is 0 Å². The molecule has 0 bridgehead atoms. The van der Waals surface area contributed by atoms with Gasteiger partial charge in [-0.05, 0) is 30.3 Å². The van der Waals surface area contributed by atoms with Gasteiger partial charge in [0.25, 0.3) is 0 Å². The number of hydrogen-bond acceptors (Lipinski definition) is 3. The van der Waals surface area contributed by atoms with Crippen molar-refractivity contribution in [3.05, 3.63) is 65.2 Å². The Morgan fingerprint density at radius 2 is 2.14 bits per heavy atom. The normalized spacial score (nSPS) is 10.7. The molecule has 2 heterocycles. The van der Waals surface area contributed by atoms with Crippen LogP contribution < -0.4 is 0 Å². The highest BCUT2D eigenvalue weighted by Gasteiger charge is 2.11. The summed E-state index contributed by atoms with van der Waals surface area (Å²) < 4.78 is 15.7. The van der Waals surface area contributed by atoms with E-state index in [0.29, 0.717) is 16.8 Å². The number of nitrogens with zero attached hydrogens (tertiary/aromatic N) is 3. The first-order valence-corrected chi connectivity index (χ1v) is 6.45. The lowest BCUT2D eigenvalue weighted by Crippen LogP contribution is -2.02. The summed E-state index contributed by atoms with van der Waals surface area (Å²) in [6.07, 6.45) is 3.41. The number of aliphatic hydroxyl groups excluding tert-OH is 1. The van der Waals surface area contributed by atoms with Gasteiger partial charge in [-0.2, -0.15) is 5.26 Å². The molecular formula is C16H12FN3O. The number of nitriles is 1. The Kier molecular flexibility index (Phi) is 3.38. The van der Waals surface area contributed by atoms with Gasteiger partial charge in [-0.3, -0.25) is 0 Å². The van der Waals surface area contributed by atoms with E-state index in [-0.39, 0.29) is 19.0 Å². The summed E-state index contributed by atoms with van der Waals surface area (Å²) in [5.74, 6) is -0.364. The van der Waals surface area contributed by atoms with Crippen molar-refractivity contribution in [3.63, 3.8) is 0 Å². The first kappa shape index (κ1) is 13.3. The quantitative estimate of drug-likeness (QED) is 0.802. The zero-order valence-corrected chi connectivity index (χ0v) is 11.1. The van der Waals surface area contributed by atoms with Gasteiger partial charge in [-0.25, -0.2) is 9.37 Å². The Hall–Kier alpha value is -2.71. The predicted molar refractivity (Wildman–Crippen MR) is 75.9 cm³/mol. The predicted octanol–water partition coefficient (Wildman–Crippen LogP) is 2.59. The van der Waals surface area contributed by atoms with Crippen LogP contribution >= 0.6 is 0 Å². The maximum atomic E-state index is 13.9. The van der Waals surface area contributed by atoms with Gasteiger partial charge in [0.15, 0.2) is 0 Å². The minimum atomic E-state index is -0.364. The lowest BCUT2D eigenvalue weighted by molar-refractivity contribution is 0.283. The maximum Gasteiger partial charge on any atom is 0.140 e. The summed E-state index contributed by atoms with van der Waals surface area (Å²) in [6.45, 7) is 0.158. The third kappa shape index (κ3) is 2.37. The minimum Gasteiger partial charge on any atom is -0.392 e. The maximum absolute atomic E-state index is 13.9. The van der Waals surface area contributed by atoms with Crippen molar-refractivity contribution in [2.24, 2.45) is 0 Å². The van der Waals surface area contributed by atoms with Crippen molar-refractivity contribution in [1.29, 1.82) is 5.26 Å². The Labute approximate surface area is 120 Å². The third-order valence-electron chi connectivity index (χ3n) is 3.40. The Balaban J connectivity index is 2.08. The number of pyridine rings is 1. The van der Waals surface area contributed by atoms with Crippen LogP contribution in [-0.2, 0) is 13.2 Å². The van der Waals surface area contributed by atoms with Crippen molar-refractivity contribution in [2.45, 2.75) is 13.2 Å². The van der Waals surface area contributed by atoms with Crippen LogP contribution in [0.5, 0.6) is 0 Å². The number of aromatic nitrogens is 2. The van der Waals surface area contributed by atoms with Crippen molar-refractivity contribution in [1.82, 2.24) is 9.55 Å². The van der Waals surface area contributed by atoms with Crippen molar-refractivity contribution >= 4 is 11.0 Å². The Morgan fingerprint density at radius 1 is 1.29 bits per heavy atom. The van der Waals surface area contributed by atoms with E-state index < -0.39 is 0 Å². The molecule has 0 aliphatic rings. The van der Waals surface area contributed by atoms with E-state index in [2.05, 4.69) is 4.98 Å². The van der Waals surface area contributed by atoms with Crippen LogP contribution in [0.3, 0.4) is 0 Å².